The average molecular weight is 316 g/mol. The van der Waals surface area contributed by atoms with Gasteiger partial charge in [-0.2, -0.15) is 17.6 Å². The second-order valence-electron chi connectivity index (χ2n) is 3.74. The summed E-state index contributed by atoms with van der Waals surface area (Å²) in [5.74, 6) is -4.80. The Kier molecular flexibility index (Phi) is 2.65. The fraction of sp³-hybridized carbons (Fsp3) is 0.400. The molecule has 1 aliphatic heterocycles. The third-order valence-corrected chi connectivity index (χ3v) is 3.35. The van der Waals surface area contributed by atoms with Crippen molar-refractivity contribution in [3.05, 3.63) is 30.3 Å². The van der Waals surface area contributed by atoms with Crippen LogP contribution in [0.25, 0.3) is 0 Å². The molecule has 0 amide bonds. The van der Waals surface area contributed by atoms with E-state index in [1.54, 1.807) is 6.07 Å². The molecule has 1 aliphatic rings. The SMILES string of the molecule is FC1(Br)CN(c2ccccc2)C(F)(F)C1(F)F. The first-order chi connectivity index (χ1) is 7.70. The number of anilines is 1. The lowest BCUT2D eigenvalue weighted by Crippen LogP contribution is -2.50. The van der Waals surface area contributed by atoms with Gasteiger partial charge in [0.15, 0.2) is 0 Å². The van der Waals surface area contributed by atoms with E-state index in [0.717, 1.165) is 0 Å². The van der Waals surface area contributed by atoms with Crippen molar-refractivity contribution in [2.75, 3.05) is 11.4 Å². The Morgan fingerprint density at radius 1 is 1.00 bits per heavy atom. The van der Waals surface area contributed by atoms with Crippen molar-refractivity contribution in [3.8, 4) is 0 Å². The van der Waals surface area contributed by atoms with Crippen molar-refractivity contribution in [2.45, 2.75) is 16.5 Å². The minimum atomic E-state index is -4.80. The topological polar surface area (TPSA) is 3.24 Å². The maximum atomic E-state index is 13.5. The van der Waals surface area contributed by atoms with Crippen molar-refractivity contribution in [1.29, 1.82) is 0 Å². The molecule has 17 heavy (non-hydrogen) atoms. The Morgan fingerprint density at radius 2 is 1.53 bits per heavy atom. The maximum absolute atomic E-state index is 13.5. The van der Waals surface area contributed by atoms with Gasteiger partial charge in [0.25, 0.3) is 4.58 Å². The van der Waals surface area contributed by atoms with Crippen LogP contribution in [0.4, 0.5) is 27.6 Å². The summed E-state index contributed by atoms with van der Waals surface area (Å²) < 4.78 is 63.4. The highest BCUT2D eigenvalue weighted by atomic mass is 79.9. The van der Waals surface area contributed by atoms with Gasteiger partial charge in [0.1, 0.15) is 0 Å². The van der Waals surface area contributed by atoms with Crippen molar-refractivity contribution in [1.82, 2.24) is 0 Å². The van der Waals surface area contributed by atoms with Crippen LogP contribution < -0.4 is 4.90 Å². The van der Waals surface area contributed by atoms with Crippen LogP contribution in [0.5, 0.6) is 0 Å². The summed E-state index contributed by atoms with van der Waals surface area (Å²) >= 11 is 2.04. The highest BCUT2D eigenvalue weighted by molar-refractivity contribution is 9.10. The first-order valence-electron chi connectivity index (χ1n) is 4.66. The minimum absolute atomic E-state index is 0.0573. The van der Waals surface area contributed by atoms with Gasteiger partial charge in [0, 0.05) is 5.69 Å². The molecule has 1 atom stereocenters. The van der Waals surface area contributed by atoms with Crippen molar-refractivity contribution >= 4 is 21.6 Å². The number of halogens is 6. The van der Waals surface area contributed by atoms with E-state index in [1.807, 2.05) is 15.9 Å². The van der Waals surface area contributed by atoms with E-state index in [9.17, 15) is 22.0 Å². The third-order valence-electron chi connectivity index (χ3n) is 2.60. The van der Waals surface area contributed by atoms with Crippen LogP contribution in [-0.2, 0) is 0 Å². The molecule has 1 heterocycles. The molecule has 2 rings (SSSR count). The van der Waals surface area contributed by atoms with Crippen LogP contribution in [0.1, 0.15) is 0 Å². The number of hydrogen-bond acceptors (Lipinski definition) is 1. The van der Waals surface area contributed by atoms with E-state index in [2.05, 4.69) is 0 Å². The molecule has 1 fully saturated rings. The Morgan fingerprint density at radius 3 is 1.94 bits per heavy atom. The van der Waals surface area contributed by atoms with Crippen LogP contribution in [-0.4, -0.2) is 23.1 Å². The largest absolute Gasteiger partial charge is 0.393 e. The Balaban J connectivity index is 2.46. The molecule has 0 aromatic heterocycles. The lowest BCUT2D eigenvalue weighted by Gasteiger charge is -2.28. The van der Waals surface area contributed by atoms with Gasteiger partial charge in [-0.3, -0.25) is 0 Å². The Bertz CT molecular complexity index is 420. The van der Waals surface area contributed by atoms with Crippen molar-refractivity contribution in [3.63, 3.8) is 0 Å². The normalized spacial score (nSPS) is 30.6. The fourth-order valence-electron chi connectivity index (χ4n) is 1.65. The molecular formula is C10H7BrF5N. The molecule has 1 aromatic rings. The van der Waals surface area contributed by atoms with Crippen molar-refractivity contribution in [2.24, 2.45) is 0 Å². The van der Waals surface area contributed by atoms with Gasteiger partial charge in [-0.25, -0.2) is 4.39 Å². The summed E-state index contributed by atoms with van der Waals surface area (Å²) in [6, 6.07) is 2.24. The second-order valence-corrected chi connectivity index (χ2v) is 5.00. The van der Waals surface area contributed by atoms with E-state index < -0.39 is 23.1 Å². The molecular weight excluding hydrogens is 309 g/mol. The van der Waals surface area contributed by atoms with Crippen LogP contribution >= 0.6 is 15.9 Å². The molecule has 0 saturated carbocycles. The summed E-state index contributed by atoms with van der Waals surface area (Å²) in [7, 11) is 0. The molecule has 0 aliphatic carbocycles. The van der Waals surface area contributed by atoms with Crippen LogP contribution in [0.2, 0.25) is 0 Å². The van der Waals surface area contributed by atoms with E-state index in [1.165, 1.54) is 24.3 Å². The van der Waals surface area contributed by atoms with E-state index in [-0.39, 0.29) is 10.6 Å². The summed E-state index contributed by atoms with van der Waals surface area (Å²) in [4.78, 5) is 0.0573. The molecule has 7 heteroatoms. The standard InChI is InChI=1S/C10H7BrF5N/c11-8(12)6-17(7-4-2-1-3-5-7)10(15,16)9(8,13)14/h1-5H,6H2. The summed E-state index contributed by atoms with van der Waals surface area (Å²) in [5.41, 5.74) is -0.156. The highest BCUT2D eigenvalue weighted by Gasteiger charge is 2.78. The fourth-order valence-corrected chi connectivity index (χ4v) is 2.14. The highest BCUT2D eigenvalue weighted by Crippen LogP contribution is 2.56. The average Bonchev–Trinajstić information content (AvgIpc) is 2.37. The number of para-hydroxylation sites is 1. The van der Waals surface area contributed by atoms with Gasteiger partial charge < -0.3 is 4.90 Å². The van der Waals surface area contributed by atoms with E-state index >= 15 is 0 Å². The predicted molar refractivity (Wildman–Crippen MR) is 56.4 cm³/mol. The summed E-state index contributed by atoms with van der Waals surface area (Å²) in [5, 5.41) is 0. The van der Waals surface area contributed by atoms with Gasteiger partial charge in [0.05, 0.1) is 6.54 Å². The van der Waals surface area contributed by atoms with E-state index in [0.29, 0.717) is 0 Å². The molecule has 0 spiro atoms. The number of benzene rings is 1. The van der Waals surface area contributed by atoms with Gasteiger partial charge in [0.2, 0.25) is 0 Å². The summed E-state index contributed by atoms with van der Waals surface area (Å²) in [6.07, 6.45) is 0. The van der Waals surface area contributed by atoms with Crippen LogP contribution in [0.3, 0.4) is 0 Å². The van der Waals surface area contributed by atoms with Gasteiger partial charge in [-0.15, -0.1) is 0 Å². The maximum Gasteiger partial charge on any atom is 0.393 e. The quantitative estimate of drug-likeness (QED) is 0.433. The zero-order valence-corrected chi connectivity index (χ0v) is 9.89. The predicted octanol–water partition coefficient (Wildman–Crippen LogP) is 3.80. The molecule has 0 bridgehead atoms. The molecule has 1 nitrogen and oxygen atoms in total. The second kappa shape index (κ2) is 3.57. The van der Waals surface area contributed by atoms with E-state index in [4.69, 9.17) is 0 Å². The molecule has 0 radical (unpaired) electrons. The van der Waals surface area contributed by atoms with Gasteiger partial charge in [-0.05, 0) is 28.1 Å². The Labute approximate surface area is 102 Å². The van der Waals surface area contributed by atoms with Crippen molar-refractivity contribution < 1.29 is 22.0 Å². The number of alkyl halides is 6. The number of nitrogens with zero attached hydrogens (tertiary/aromatic N) is 1. The first kappa shape index (κ1) is 12.6. The van der Waals surface area contributed by atoms with Crippen LogP contribution in [0.15, 0.2) is 30.3 Å². The lowest BCUT2D eigenvalue weighted by atomic mass is 10.2. The van der Waals surface area contributed by atoms with Crippen LogP contribution in [0, 0.1) is 0 Å². The molecule has 1 aromatic carbocycles. The minimum Gasteiger partial charge on any atom is -0.304 e. The number of hydrogen-bond donors (Lipinski definition) is 0. The molecule has 0 N–H and O–H groups in total. The molecule has 94 valence electrons. The van der Waals surface area contributed by atoms with Gasteiger partial charge in [-0.1, -0.05) is 18.2 Å². The lowest BCUT2D eigenvalue weighted by molar-refractivity contribution is -0.211. The first-order valence-corrected chi connectivity index (χ1v) is 5.45. The molecule has 1 saturated heterocycles. The zero-order chi connectivity index (χ0) is 12.9. The third kappa shape index (κ3) is 1.63. The number of rotatable bonds is 1. The summed E-state index contributed by atoms with van der Waals surface area (Å²) in [6.45, 7) is -1.13. The monoisotopic (exact) mass is 315 g/mol. The zero-order valence-electron chi connectivity index (χ0n) is 8.31. The smallest absolute Gasteiger partial charge is 0.304 e. The Hall–Kier alpha value is -0.850. The van der Waals surface area contributed by atoms with Gasteiger partial charge >= 0.3 is 12.0 Å². The molecule has 1 unspecified atom stereocenters.